The molecule has 0 fully saturated rings. The van der Waals surface area contributed by atoms with Crippen molar-refractivity contribution in [3.05, 3.63) is 24.3 Å². The lowest BCUT2D eigenvalue weighted by atomic mass is 9.89. The third-order valence-electron chi connectivity index (χ3n) is 3.37. The molecule has 1 heterocycles. The molecule has 0 radical (unpaired) electrons. The highest BCUT2D eigenvalue weighted by molar-refractivity contribution is 5.97. The molecule has 1 amide bonds. The summed E-state index contributed by atoms with van der Waals surface area (Å²) in [6.07, 6.45) is 0.879. The van der Waals surface area contributed by atoms with Crippen LogP contribution in [0, 0.1) is 5.41 Å². The van der Waals surface area contributed by atoms with Crippen molar-refractivity contribution in [2.75, 3.05) is 24.6 Å². The molecule has 1 aromatic rings. The normalized spacial score (nSPS) is 15.3. The van der Waals surface area contributed by atoms with Crippen molar-refractivity contribution in [2.24, 2.45) is 11.1 Å². The summed E-state index contributed by atoms with van der Waals surface area (Å²) < 4.78 is 5.41. The highest BCUT2D eigenvalue weighted by Gasteiger charge is 2.26. The SMILES string of the molecule is CC(C)(CN)CCN1C(=O)COc2ccccc21. The molecular formula is C14H20N2O2. The lowest BCUT2D eigenvalue weighted by molar-refractivity contribution is -0.121. The summed E-state index contributed by atoms with van der Waals surface area (Å²) in [5, 5.41) is 0. The molecule has 0 saturated carbocycles. The summed E-state index contributed by atoms with van der Waals surface area (Å²) in [4.78, 5) is 13.7. The second-order valence-electron chi connectivity index (χ2n) is 5.42. The van der Waals surface area contributed by atoms with Gasteiger partial charge in [-0.05, 0) is 30.5 Å². The zero-order valence-corrected chi connectivity index (χ0v) is 11.0. The molecule has 0 saturated heterocycles. The number of anilines is 1. The molecular weight excluding hydrogens is 228 g/mol. The number of hydrogen-bond donors (Lipinski definition) is 1. The van der Waals surface area contributed by atoms with Gasteiger partial charge >= 0.3 is 0 Å². The molecule has 4 nitrogen and oxygen atoms in total. The maximum Gasteiger partial charge on any atom is 0.265 e. The number of carbonyl (C=O) groups is 1. The first-order valence-electron chi connectivity index (χ1n) is 6.26. The van der Waals surface area contributed by atoms with Crippen LogP contribution in [0.5, 0.6) is 5.75 Å². The molecule has 2 N–H and O–H groups in total. The third-order valence-corrected chi connectivity index (χ3v) is 3.37. The Labute approximate surface area is 108 Å². The number of para-hydroxylation sites is 2. The van der Waals surface area contributed by atoms with E-state index < -0.39 is 0 Å². The monoisotopic (exact) mass is 248 g/mol. The van der Waals surface area contributed by atoms with Crippen molar-refractivity contribution in [2.45, 2.75) is 20.3 Å². The van der Waals surface area contributed by atoms with Gasteiger partial charge in [-0.2, -0.15) is 0 Å². The van der Waals surface area contributed by atoms with Gasteiger partial charge in [0, 0.05) is 6.54 Å². The highest BCUT2D eigenvalue weighted by atomic mass is 16.5. The van der Waals surface area contributed by atoms with E-state index in [0.29, 0.717) is 13.1 Å². The third kappa shape index (κ3) is 2.64. The number of fused-ring (bicyclic) bond motifs is 1. The number of benzene rings is 1. The number of nitrogens with two attached hydrogens (primary N) is 1. The van der Waals surface area contributed by atoms with Crippen LogP contribution >= 0.6 is 0 Å². The summed E-state index contributed by atoms with van der Waals surface area (Å²) in [6, 6.07) is 7.64. The molecule has 2 rings (SSSR count). The zero-order valence-electron chi connectivity index (χ0n) is 11.0. The number of amides is 1. The Balaban J connectivity index is 2.15. The van der Waals surface area contributed by atoms with Gasteiger partial charge in [-0.1, -0.05) is 26.0 Å². The van der Waals surface area contributed by atoms with E-state index in [-0.39, 0.29) is 17.9 Å². The van der Waals surface area contributed by atoms with Crippen LogP contribution in [0.2, 0.25) is 0 Å². The second kappa shape index (κ2) is 4.98. The Kier molecular flexibility index (Phi) is 3.57. The van der Waals surface area contributed by atoms with E-state index in [1.165, 1.54) is 0 Å². The lowest BCUT2D eigenvalue weighted by Crippen LogP contribution is -2.41. The number of nitrogens with zero attached hydrogens (tertiary/aromatic N) is 1. The molecule has 0 unspecified atom stereocenters. The summed E-state index contributed by atoms with van der Waals surface area (Å²) in [6.45, 7) is 5.66. The van der Waals surface area contributed by atoms with Gasteiger partial charge in [0.15, 0.2) is 6.61 Å². The summed E-state index contributed by atoms with van der Waals surface area (Å²) >= 11 is 0. The number of rotatable bonds is 4. The maximum absolute atomic E-state index is 11.9. The van der Waals surface area contributed by atoms with Crippen LogP contribution in [-0.4, -0.2) is 25.6 Å². The van der Waals surface area contributed by atoms with E-state index in [1.54, 1.807) is 4.90 Å². The zero-order chi connectivity index (χ0) is 13.2. The average molecular weight is 248 g/mol. The van der Waals surface area contributed by atoms with Crippen LogP contribution in [-0.2, 0) is 4.79 Å². The molecule has 0 spiro atoms. The van der Waals surface area contributed by atoms with Crippen LogP contribution in [0.25, 0.3) is 0 Å². The fourth-order valence-corrected chi connectivity index (χ4v) is 1.92. The quantitative estimate of drug-likeness (QED) is 0.883. The minimum Gasteiger partial charge on any atom is -0.482 e. The average Bonchev–Trinajstić information content (AvgIpc) is 2.37. The van der Waals surface area contributed by atoms with Crippen molar-refractivity contribution >= 4 is 11.6 Å². The molecule has 1 aromatic carbocycles. The Morgan fingerprint density at radius 3 is 2.83 bits per heavy atom. The molecule has 1 aliphatic rings. The standard InChI is InChI=1S/C14H20N2O2/c1-14(2,10-15)7-8-16-11-5-3-4-6-12(11)18-9-13(16)17/h3-6H,7-10,15H2,1-2H3. The van der Waals surface area contributed by atoms with Crippen LogP contribution in [0.15, 0.2) is 24.3 Å². The molecule has 98 valence electrons. The van der Waals surface area contributed by atoms with E-state index in [4.69, 9.17) is 10.5 Å². The molecule has 18 heavy (non-hydrogen) atoms. The van der Waals surface area contributed by atoms with Gasteiger partial charge in [0.1, 0.15) is 5.75 Å². The van der Waals surface area contributed by atoms with Crippen LogP contribution in [0.3, 0.4) is 0 Å². The van der Waals surface area contributed by atoms with E-state index in [2.05, 4.69) is 13.8 Å². The Bertz CT molecular complexity index is 443. The van der Waals surface area contributed by atoms with Crippen molar-refractivity contribution in [1.82, 2.24) is 0 Å². The fourth-order valence-electron chi connectivity index (χ4n) is 1.92. The Hall–Kier alpha value is -1.55. The van der Waals surface area contributed by atoms with Gasteiger partial charge in [0.05, 0.1) is 5.69 Å². The largest absolute Gasteiger partial charge is 0.482 e. The van der Waals surface area contributed by atoms with Crippen molar-refractivity contribution in [1.29, 1.82) is 0 Å². The summed E-state index contributed by atoms with van der Waals surface area (Å²) in [5.41, 5.74) is 6.63. The fraction of sp³-hybridized carbons (Fsp3) is 0.500. The first kappa shape index (κ1) is 12.9. The van der Waals surface area contributed by atoms with Crippen LogP contribution in [0.4, 0.5) is 5.69 Å². The Morgan fingerprint density at radius 1 is 1.39 bits per heavy atom. The van der Waals surface area contributed by atoms with Crippen molar-refractivity contribution < 1.29 is 9.53 Å². The Morgan fingerprint density at radius 2 is 2.11 bits per heavy atom. The van der Waals surface area contributed by atoms with E-state index in [0.717, 1.165) is 17.9 Å². The second-order valence-corrected chi connectivity index (χ2v) is 5.42. The predicted molar refractivity (Wildman–Crippen MR) is 71.7 cm³/mol. The van der Waals surface area contributed by atoms with E-state index in [9.17, 15) is 4.79 Å². The predicted octanol–water partition coefficient (Wildman–Crippen LogP) is 1.79. The first-order valence-corrected chi connectivity index (χ1v) is 6.26. The van der Waals surface area contributed by atoms with Crippen molar-refractivity contribution in [3.63, 3.8) is 0 Å². The number of ether oxygens (including phenoxy) is 1. The first-order chi connectivity index (χ1) is 8.53. The van der Waals surface area contributed by atoms with Gasteiger partial charge in [-0.3, -0.25) is 4.79 Å². The lowest BCUT2D eigenvalue weighted by Gasteiger charge is -2.32. The van der Waals surface area contributed by atoms with E-state index >= 15 is 0 Å². The molecule has 0 aliphatic carbocycles. The number of hydrogen-bond acceptors (Lipinski definition) is 3. The minimum atomic E-state index is 0.0153. The van der Waals surface area contributed by atoms with Crippen LogP contribution < -0.4 is 15.4 Å². The van der Waals surface area contributed by atoms with Crippen molar-refractivity contribution in [3.8, 4) is 5.75 Å². The van der Waals surface area contributed by atoms with Crippen LogP contribution in [0.1, 0.15) is 20.3 Å². The topological polar surface area (TPSA) is 55.6 Å². The molecule has 4 heteroatoms. The summed E-state index contributed by atoms with van der Waals surface area (Å²) in [7, 11) is 0. The number of carbonyl (C=O) groups excluding carboxylic acids is 1. The highest BCUT2D eigenvalue weighted by Crippen LogP contribution is 2.32. The van der Waals surface area contributed by atoms with Gasteiger partial charge in [0.2, 0.25) is 0 Å². The molecule has 0 atom stereocenters. The van der Waals surface area contributed by atoms with Gasteiger partial charge < -0.3 is 15.4 Å². The van der Waals surface area contributed by atoms with Gasteiger partial charge in [-0.15, -0.1) is 0 Å². The molecule has 1 aliphatic heterocycles. The molecule has 0 bridgehead atoms. The van der Waals surface area contributed by atoms with Gasteiger partial charge in [-0.25, -0.2) is 0 Å². The maximum atomic E-state index is 11.9. The smallest absolute Gasteiger partial charge is 0.265 e. The summed E-state index contributed by atoms with van der Waals surface area (Å²) in [5.74, 6) is 0.796. The molecule has 0 aromatic heterocycles. The van der Waals surface area contributed by atoms with Gasteiger partial charge in [0.25, 0.3) is 5.91 Å². The minimum absolute atomic E-state index is 0.0153. The van der Waals surface area contributed by atoms with E-state index in [1.807, 2.05) is 24.3 Å².